The fourth-order valence-corrected chi connectivity index (χ4v) is 1.42. The molecule has 2 rings (SSSR count). The van der Waals surface area contributed by atoms with Gasteiger partial charge in [0.15, 0.2) is 0 Å². The van der Waals surface area contributed by atoms with Gasteiger partial charge < -0.3 is 0 Å². The summed E-state index contributed by atoms with van der Waals surface area (Å²) in [7, 11) is 1.90. The first-order valence-corrected chi connectivity index (χ1v) is 5.29. The summed E-state index contributed by atoms with van der Waals surface area (Å²) in [6.07, 6.45) is 5.57. The summed E-state index contributed by atoms with van der Waals surface area (Å²) in [6, 6.07) is 1.95. The average molecular weight is 216 g/mol. The van der Waals surface area contributed by atoms with Gasteiger partial charge in [0.25, 0.3) is 0 Å². The van der Waals surface area contributed by atoms with Gasteiger partial charge in [0, 0.05) is 36.6 Å². The Morgan fingerprint density at radius 3 is 2.19 bits per heavy atom. The van der Waals surface area contributed by atoms with Gasteiger partial charge in [-0.15, -0.1) is 0 Å². The topological polar surface area (TPSA) is 43.6 Å². The second-order valence-corrected chi connectivity index (χ2v) is 4.92. The quantitative estimate of drug-likeness (QED) is 0.733. The van der Waals surface area contributed by atoms with E-state index in [1.807, 2.05) is 31.7 Å². The molecule has 0 fully saturated rings. The molecule has 0 bridgehead atoms. The molecule has 2 heterocycles. The molecule has 4 heteroatoms. The molecule has 0 unspecified atom stereocenters. The second-order valence-electron chi connectivity index (χ2n) is 4.92. The molecule has 0 aliphatic heterocycles. The van der Waals surface area contributed by atoms with Crippen LogP contribution in [-0.2, 0) is 12.5 Å². The Morgan fingerprint density at radius 2 is 1.75 bits per heavy atom. The minimum Gasteiger partial charge on any atom is -0.275 e. The van der Waals surface area contributed by atoms with E-state index in [4.69, 9.17) is 0 Å². The van der Waals surface area contributed by atoms with Crippen LogP contribution in [0.25, 0.3) is 11.3 Å². The normalized spacial score (nSPS) is 11.8. The largest absolute Gasteiger partial charge is 0.275 e. The van der Waals surface area contributed by atoms with Crippen molar-refractivity contribution in [3.05, 3.63) is 30.5 Å². The van der Waals surface area contributed by atoms with Crippen molar-refractivity contribution < 1.29 is 0 Å². The maximum Gasteiger partial charge on any atom is 0.133 e. The molecule has 0 aliphatic rings. The van der Waals surface area contributed by atoms with Crippen LogP contribution in [0.5, 0.6) is 0 Å². The number of rotatable bonds is 1. The predicted molar refractivity (Wildman–Crippen MR) is 62.9 cm³/mol. The molecule has 0 N–H and O–H groups in total. The van der Waals surface area contributed by atoms with Crippen LogP contribution < -0.4 is 0 Å². The minimum atomic E-state index is -0.0113. The SMILES string of the molecule is Cn1ccc(-c2cnc(C(C)(C)C)nc2)n1. The van der Waals surface area contributed by atoms with Crippen LogP contribution in [0.2, 0.25) is 0 Å². The molecule has 0 saturated heterocycles. The molecule has 84 valence electrons. The Bertz CT molecular complexity index is 476. The van der Waals surface area contributed by atoms with Crippen molar-refractivity contribution >= 4 is 0 Å². The maximum atomic E-state index is 4.38. The fraction of sp³-hybridized carbons (Fsp3) is 0.417. The van der Waals surface area contributed by atoms with Crippen LogP contribution in [0.4, 0.5) is 0 Å². The molecule has 2 aromatic rings. The first-order valence-electron chi connectivity index (χ1n) is 5.29. The molecular formula is C12H16N4. The van der Waals surface area contributed by atoms with Crippen molar-refractivity contribution in [2.75, 3.05) is 0 Å². The Balaban J connectivity index is 2.33. The first kappa shape index (κ1) is 10.8. The smallest absolute Gasteiger partial charge is 0.133 e. The van der Waals surface area contributed by atoms with E-state index in [0.717, 1.165) is 17.1 Å². The number of aryl methyl sites for hydroxylation is 1. The van der Waals surface area contributed by atoms with Crippen LogP contribution in [0.15, 0.2) is 24.7 Å². The van der Waals surface area contributed by atoms with Crippen molar-refractivity contribution in [1.82, 2.24) is 19.7 Å². The zero-order chi connectivity index (χ0) is 11.8. The van der Waals surface area contributed by atoms with E-state index in [2.05, 4.69) is 35.8 Å². The predicted octanol–water partition coefficient (Wildman–Crippen LogP) is 2.17. The van der Waals surface area contributed by atoms with Gasteiger partial charge in [-0.3, -0.25) is 4.68 Å². The van der Waals surface area contributed by atoms with Crippen molar-refractivity contribution in [2.24, 2.45) is 7.05 Å². The Labute approximate surface area is 95.4 Å². The lowest BCUT2D eigenvalue weighted by Gasteiger charge is -2.15. The Hall–Kier alpha value is -1.71. The van der Waals surface area contributed by atoms with Gasteiger partial charge in [0.1, 0.15) is 5.82 Å². The highest BCUT2D eigenvalue weighted by atomic mass is 15.2. The summed E-state index contributed by atoms with van der Waals surface area (Å²) in [5.41, 5.74) is 1.85. The van der Waals surface area contributed by atoms with E-state index in [1.165, 1.54) is 0 Å². The number of hydrogen-bond acceptors (Lipinski definition) is 3. The lowest BCUT2D eigenvalue weighted by molar-refractivity contribution is 0.545. The molecule has 0 aliphatic carbocycles. The van der Waals surface area contributed by atoms with Crippen LogP contribution in [0, 0.1) is 0 Å². The van der Waals surface area contributed by atoms with E-state index in [9.17, 15) is 0 Å². The molecular weight excluding hydrogens is 200 g/mol. The maximum absolute atomic E-state index is 4.38. The van der Waals surface area contributed by atoms with Crippen LogP contribution in [0.3, 0.4) is 0 Å². The Kier molecular flexibility index (Phi) is 2.50. The molecule has 4 nitrogen and oxygen atoms in total. The third-order valence-corrected chi connectivity index (χ3v) is 2.33. The monoisotopic (exact) mass is 216 g/mol. The van der Waals surface area contributed by atoms with Crippen molar-refractivity contribution in [2.45, 2.75) is 26.2 Å². The fourth-order valence-electron chi connectivity index (χ4n) is 1.42. The number of nitrogens with zero attached hydrogens (tertiary/aromatic N) is 4. The lowest BCUT2D eigenvalue weighted by atomic mass is 9.96. The standard InChI is InChI=1S/C12H16N4/c1-12(2,3)11-13-7-9(8-14-11)10-5-6-16(4)15-10/h5-8H,1-4H3. The van der Waals surface area contributed by atoms with E-state index in [-0.39, 0.29) is 5.41 Å². The van der Waals surface area contributed by atoms with Crippen molar-refractivity contribution in [1.29, 1.82) is 0 Å². The zero-order valence-electron chi connectivity index (χ0n) is 10.1. The van der Waals surface area contributed by atoms with Crippen LogP contribution >= 0.6 is 0 Å². The van der Waals surface area contributed by atoms with E-state index >= 15 is 0 Å². The number of hydrogen-bond donors (Lipinski definition) is 0. The molecule has 0 aromatic carbocycles. The summed E-state index contributed by atoms with van der Waals surface area (Å²) >= 11 is 0. The van der Waals surface area contributed by atoms with Crippen molar-refractivity contribution in [3.8, 4) is 11.3 Å². The lowest BCUT2D eigenvalue weighted by Crippen LogP contribution is -2.15. The van der Waals surface area contributed by atoms with Crippen molar-refractivity contribution in [3.63, 3.8) is 0 Å². The second kappa shape index (κ2) is 3.70. The third-order valence-electron chi connectivity index (χ3n) is 2.33. The van der Waals surface area contributed by atoms with Gasteiger partial charge in [-0.05, 0) is 6.07 Å². The van der Waals surface area contributed by atoms with E-state index < -0.39 is 0 Å². The van der Waals surface area contributed by atoms with E-state index in [1.54, 1.807) is 4.68 Å². The highest BCUT2D eigenvalue weighted by molar-refractivity contribution is 5.55. The van der Waals surface area contributed by atoms with Gasteiger partial charge in [-0.1, -0.05) is 20.8 Å². The Morgan fingerprint density at radius 1 is 1.12 bits per heavy atom. The third kappa shape index (κ3) is 2.10. The highest BCUT2D eigenvalue weighted by Gasteiger charge is 2.16. The summed E-state index contributed by atoms with van der Waals surface area (Å²) < 4.78 is 1.77. The summed E-state index contributed by atoms with van der Waals surface area (Å²) in [4.78, 5) is 8.75. The number of aromatic nitrogens is 4. The van der Waals surface area contributed by atoms with Gasteiger partial charge in [0.2, 0.25) is 0 Å². The van der Waals surface area contributed by atoms with Gasteiger partial charge in [-0.2, -0.15) is 5.10 Å². The molecule has 0 atom stereocenters. The molecule has 2 aromatic heterocycles. The minimum absolute atomic E-state index is 0.0113. The summed E-state index contributed by atoms with van der Waals surface area (Å²) in [5.74, 6) is 0.854. The summed E-state index contributed by atoms with van der Waals surface area (Å²) in [6.45, 7) is 6.30. The average Bonchev–Trinajstić information content (AvgIpc) is 2.64. The first-order chi connectivity index (χ1) is 7.47. The van der Waals surface area contributed by atoms with E-state index in [0.29, 0.717) is 0 Å². The molecule has 0 spiro atoms. The molecule has 16 heavy (non-hydrogen) atoms. The van der Waals surface area contributed by atoms with Gasteiger partial charge >= 0.3 is 0 Å². The molecule has 0 amide bonds. The van der Waals surface area contributed by atoms with Gasteiger partial charge in [-0.25, -0.2) is 9.97 Å². The highest BCUT2D eigenvalue weighted by Crippen LogP contribution is 2.20. The molecule has 0 saturated carbocycles. The van der Waals surface area contributed by atoms with Gasteiger partial charge in [0.05, 0.1) is 5.69 Å². The van der Waals surface area contributed by atoms with Crippen LogP contribution in [0.1, 0.15) is 26.6 Å². The summed E-state index contributed by atoms with van der Waals surface area (Å²) in [5, 5.41) is 4.31. The molecule has 0 radical (unpaired) electrons. The van der Waals surface area contributed by atoms with Crippen LogP contribution in [-0.4, -0.2) is 19.7 Å². The zero-order valence-corrected chi connectivity index (χ0v) is 10.1.